The van der Waals surface area contributed by atoms with E-state index in [4.69, 9.17) is 0 Å². The summed E-state index contributed by atoms with van der Waals surface area (Å²) in [5, 5.41) is 0. The molecule has 10 heavy (non-hydrogen) atoms. The zero-order valence-electron chi connectivity index (χ0n) is 5.19. The summed E-state index contributed by atoms with van der Waals surface area (Å²) in [6, 6.07) is 0. The molecule has 1 heterocycles. The molecule has 0 amide bonds. The summed E-state index contributed by atoms with van der Waals surface area (Å²) in [7, 11) is 5.54. The van der Waals surface area contributed by atoms with Crippen LogP contribution >= 0.6 is 31.6 Å². The van der Waals surface area contributed by atoms with E-state index in [2.05, 4.69) is 28.3 Å². The zero-order valence-corrected chi connectivity index (χ0v) is 7.64. The van der Waals surface area contributed by atoms with Gasteiger partial charge in [-0.15, -0.1) is 3.98 Å². The van der Waals surface area contributed by atoms with E-state index in [0.29, 0.717) is 0 Å². The number of allylic oxidation sites excluding steroid dienone is 4. The van der Waals surface area contributed by atoms with Crippen molar-refractivity contribution in [2.24, 2.45) is 0 Å². The first-order valence-electron chi connectivity index (χ1n) is 2.92. The smallest absolute Gasteiger partial charge is 0.138 e. The molecule has 1 nitrogen and oxygen atoms in total. The second-order valence-corrected chi connectivity index (χ2v) is 5.92. The zero-order chi connectivity index (χ0) is 6.81. The largest absolute Gasteiger partial charge is 0.245 e. The van der Waals surface area contributed by atoms with E-state index in [-0.39, 0.29) is 0 Å². The quantitative estimate of drug-likeness (QED) is 0.326. The predicted molar refractivity (Wildman–Crippen MR) is 51.2 cm³/mol. The van der Waals surface area contributed by atoms with E-state index in [1.807, 2.05) is 31.6 Å². The lowest BCUT2D eigenvalue weighted by atomic mass is 10.4. The lowest BCUT2D eigenvalue weighted by Gasteiger charge is -1.85. The Bertz CT molecular complexity index is 207. The van der Waals surface area contributed by atoms with Gasteiger partial charge >= 0.3 is 0 Å². The van der Waals surface area contributed by atoms with E-state index in [9.17, 15) is 0 Å². The number of hydrogen-bond donors (Lipinski definition) is 0. The predicted octanol–water partition coefficient (Wildman–Crippen LogP) is 2.48. The first-order valence-corrected chi connectivity index (χ1v) is 6.53. The maximum Gasteiger partial charge on any atom is 0.245 e. The first kappa shape index (κ1) is 6.88. The molecule has 0 aromatic carbocycles. The molecule has 0 radical (unpaired) electrons. The maximum absolute atomic E-state index is 2.29. The van der Waals surface area contributed by atoms with Gasteiger partial charge in [0.1, 0.15) is 0 Å². The Hall–Kier alpha value is 0.200. The van der Waals surface area contributed by atoms with Gasteiger partial charge in [0, 0.05) is 12.2 Å². The van der Waals surface area contributed by atoms with E-state index >= 15 is 0 Å². The molecule has 2 aliphatic rings. The Morgan fingerprint density at radius 2 is 2.10 bits per heavy atom. The van der Waals surface area contributed by atoms with E-state index in [1.165, 1.54) is 5.71 Å². The topological polar surface area (TPSA) is 3.01 Å². The molecule has 1 fully saturated rings. The van der Waals surface area contributed by atoms with Crippen LogP contribution in [0.2, 0.25) is 0 Å². The van der Waals surface area contributed by atoms with Crippen LogP contribution in [0.3, 0.4) is 0 Å². The van der Waals surface area contributed by atoms with Gasteiger partial charge in [-0.25, -0.2) is 0 Å². The fourth-order valence-electron chi connectivity index (χ4n) is 0.797. The maximum atomic E-state index is 2.29. The van der Waals surface area contributed by atoms with Crippen LogP contribution in [0.15, 0.2) is 24.3 Å². The minimum atomic E-state index is 1.10. The van der Waals surface area contributed by atoms with Crippen molar-refractivity contribution in [1.29, 1.82) is 0 Å². The lowest BCUT2D eigenvalue weighted by Crippen LogP contribution is -2.04. The Labute approximate surface area is 71.6 Å². The summed E-state index contributed by atoms with van der Waals surface area (Å²) >= 11 is 0. The SMILES string of the molecule is C1=CC(=[N+]2CSSS2)C=C1. The molecule has 0 unspecified atom stereocenters. The molecule has 4 heteroatoms. The Balaban J connectivity index is 2.26. The van der Waals surface area contributed by atoms with Gasteiger partial charge in [-0.05, 0) is 10.8 Å². The molecule has 0 bridgehead atoms. The molecule has 0 saturated carbocycles. The Morgan fingerprint density at radius 1 is 1.30 bits per heavy atom. The van der Waals surface area contributed by atoms with Crippen LogP contribution in [0, 0.1) is 0 Å². The molecule has 52 valence electrons. The van der Waals surface area contributed by atoms with Crippen LogP contribution < -0.4 is 0 Å². The summed E-state index contributed by atoms with van der Waals surface area (Å²) in [6.07, 6.45) is 8.42. The third-order valence-corrected chi connectivity index (χ3v) is 5.22. The summed E-state index contributed by atoms with van der Waals surface area (Å²) in [5.74, 6) is 1.10. The molecule has 0 aromatic rings. The molecule has 0 atom stereocenters. The fraction of sp³-hybridized carbons (Fsp3) is 0.167. The first-order chi connectivity index (χ1) is 4.97. The monoisotopic (exact) mass is 188 g/mol. The van der Waals surface area contributed by atoms with Crippen molar-refractivity contribution >= 4 is 37.3 Å². The Kier molecular flexibility index (Phi) is 2.11. The molecule has 0 N–H and O–H groups in total. The van der Waals surface area contributed by atoms with Gasteiger partial charge in [-0.1, -0.05) is 12.2 Å². The van der Waals surface area contributed by atoms with Crippen LogP contribution in [0.5, 0.6) is 0 Å². The molecular formula is C6H6NS3+. The summed E-state index contributed by atoms with van der Waals surface area (Å²) in [6.45, 7) is 0. The van der Waals surface area contributed by atoms with Crippen molar-refractivity contribution in [2.45, 2.75) is 0 Å². The summed E-state index contributed by atoms with van der Waals surface area (Å²) in [5.41, 5.74) is 1.32. The van der Waals surface area contributed by atoms with Crippen LogP contribution in [-0.2, 0) is 0 Å². The number of rotatable bonds is 0. The highest BCUT2D eigenvalue weighted by atomic mass is 33.5. The minimum absolute atomic E-state index is 1.10. The highest BCUT2D eigenvalue weighted by Gasteiger charge is 2.21. The van der Waals surface area contributed by atoms with Gasteiger partial charge in [0.15, 0.2) is 0 Å². The third-order valence-electron chi connectivity index (χ3n) is 1.27. The third kappa shape index (κ3) is 1.28. The molecule has 2 rings (SSSR count). The van der Waals surface area contributed by atoms with Gasteiger partial charge in [0.2, 0.25) is 22.6 Å². The van der Waals surface area contributed by atoms with Crippen molar-refractivity contribution in [1.82, 2.24) is 0 Å². The average molecular weight is 188 g/mol. The fourth-order valence-corrected chi connectivity index (χ4v) is 4.82. The van der Waals surface area contributed by atoms with Crippen LogP contribution in [0.1, 0.15) is 0 Å². The standard InChI is InChI=1S/C6H6NS3/c1-2-4-6(3-1)7-5-8-10-9-7/h1-4H,5H2/q+1. The molecule has 1 saturated heterocycles. The van der Waals surface area contributed by atoms with Gasteiger partial charge in [-0.3, -0.25) is 0 Å². The van der Waals surface area contributed by atoms with Gasteiger partial charge < -0.3 is 0 Å². The molecule has 1 aliphatic heterocycles. The van der Waals surface area contributed by atoms with Crippen LogP contribution in [0.25, 0.3) is 0 Å². The van der Waals surface area contributed by atoms with Crippen LogP contribution in [-0.4, -0.2) is 15.6 Å². The average Bonchev–Trinajstić information content (AvgIpc) is 2.59. The van der Waals surface area contributed by atoms with Crippen molar-refractivity contribution in [3.8, 4) is 0 Å². The second-order valence-electron chi connectivity index (χ2n) is 1.91. The number of nitrogens with zero attached hydrogens (tertiary/aromatic N) is 1. The van der Waals surface area contributed by atoms with Crippen molar-refractivity contribution in [2.75, 3.05) is 5.88 Å². The Morgan fingerprint density at radius 3 is 2.70 bits per heavy atom. The van der Waals surface area contributed by atoms with Crippen molar-refractivity contribution in [3.05, 3.63) is 24.3 Å². The van der Waals surface area contributed by atoms with E-state index in [1.54, 1.807) is 0 Å². The highest BCUT2D eigenvalue weighted by molar-refractivity contribution is 9.09. The number of hydrogen-bond acceptors (Lipinski definition) is 3. The lowest BCUT2D eigenvalue weighted by molar-refractivity contribution is -0.312. The van der Waals surface area contributed by atoms with Crippen molar-refractivity contribution in [3.63, 3.8) is 0 Å². The van der Waals surface area contributed by atoms with Crippen molar-refractivity contribution < 1.29 is 3.98 Å². The summed E-state index contributed by atoms with van der Waals surface area (Å²) < 4.78 is 2.29. The molecular weight excluding hydrogens is 182 g/mol. The molecule has 1 aliphatic carbocycles. The molecule has 0 spiro atoms. The van der Waals surface area contributed by atoms with Gasteiger partial charge in [0.05, 0.1) is 9.83 Å². The summed E-state index contributed by atoms with van der Waals surface area (Å²) in [4.78, 5) is 0. The van der Waals surface area contributed by atoms with E-state index < -0.39 is 0 Å². The highest BCUT2D eigenvalue weighted by Crippen LogP contribution is 2.43. The van der Waals surface area contributed by atoms with Gasteiger partial charge in [-0.2, -0.15) is 0 Å². The molecule has 0 aromatic heterocycles. The minimum Gasteiger partial charge on any atom is -0.138 e. The van der Waals surface area contributed by atoms with E-state index in [0.717, 1.165) is 5.88 Å². The van der Waals surface area contributed by atoms with Gasteiger partial charge in [0.25, 0.3) is 0 Å². The van der Waals surface area contributed by atoms with Crippen LogP contribution in [0.4, 0.5) is 0 Å². The second kappa shape index (κ2) is 3.07. The normalized spacial score (nSPS) is 23.2.